The van der Waals surface area contributed by atoms with Gasteiger partial charge in [-0.1, -0.05) is 29.8 Å². The molecule has 0 amide bonds. The Kier molecular flexibility index (Phi) is 5.83. The lowest BCUT2D eigenvalue weighted by Gasteiger charge is -2.21. The number of allylic oxidation sites excluding steroid dienone is 1. The Bertz CT molecular complexity index is 995. The number of sulfonamides is 1. The number of primary sulfonamides is 1. The van der Waals surface area contributed by atoms with E-state index >= 15 is 0 Å². The fraction of sp³-hybridized carbons (Fsp3) is 0.0667. The quantitative estimate of drug-likeness (QED) is 0.748. The number of nitrogens with two attached hydrogens (primary N) is 1. The van der Waals surface area contributed by atoms with Crippen LogP contribution in [0, 0.1) is 5.82 Å². The Labute approximate surface area is 151 Å². The van der Waals surface area contributed by atoms with E-state index in [1.165, 1.54) is 19.1 Å². The third-order valence-electron chi connectivity index (χ3n) is 3.20. The van der Waals surface area contributed by atoms with Crippen molar-refractivity contribution in [2.45, 2.75) is 11.8 Å². The van der Waals surface area contributed by atoms with Crippen LogP contribution in [0.1, 0.15) is 12.5 Å². The van der Waals surface area contributed by atoms with Crippen LogP contribution in [0.15, 0.2) is 53.1 Å². The van der Waals surface area contributed by atoms with Crippen molar-refractivity contribution in [1.82, 2.24) is 0 Å². The molecule has 0 aliphatic heterocycles. The van der Waals surface area contributed by atoms with Gasteiger partial charge in [0.25, 0.3) is 0 Å². The Hall–Kier alpha value is -1.94. The lowest BCUT2D eigenvalue weighted by atomic mass is 10.2. The van der Waals surface area contributed by atoms with Gasteiger partial charge in [0.1, 0.15) is 10.7 Å². The molecule has 6 nitrogen and oxygen atoms in total. The Morgan fingerprint density at radius 1 is 1.20 bits per heavy atom. The van der Waals surface area contributed by atoms with Gasteiger partial charge in [0.05, 0.1) is 5.69 Å². The first-order valence-corrected chi connectivity index (χ1v) is 9.86. The van der Waals surface area contributed by atoms with E-state index in [-0.39, 0.29) is 11.4 Å². The lowest BCUT2D eigenvalue weighted by molar-refractivity contribution is 0.568. The zero-order chi connectivity index (χ0) is 18.8. The molecule has 0 aliphatic rings. The highest BCUT2D eigenvalue weighted by molar-refractivity contribution is 7.89. The van der Waals surface area contributed by atoms with E-state index in [2.05, 4.69) is 0 Å². The minimum absolute atomic E-state index is 0.147. The molecule has 134 valence electrons. The molecule has 0 spiro atoms. The van der Waals surface area contributed by atoms with Crippen LogP contribution in [0.5, 0.6) is 0 Å². The van der Waals surface area contributed by atoms with E-state index < -0.39 is 31.6 Å². The molecule has 2 aromatic carbocycles. The predicted molar refractivity (Wildman–Crippen MR) is 95.7 cm³/mol. The molecule has 25 heavy (non-hydrogen) atoms. The summed E-state index contributed by atoms with van der Waals surface area (Å²) < 4.78 is 61.5. The van der Waals surface area contributed by atoms with E-state index in [0.717, 1.165) is 12.1 Å². The molecule has 10 heteroatoms. The molecule has 0 saturated carbocycles. The van der Waals surface area contributed by atoms with E-state index in [1.54, 1.807) is 24.3 Å². The second-order valence-corrected chi connectivity index (χ2v) is 7.83. The minimum atomic E-state index is -4.48. The summed E-state index contributed by atoms with van der Waals surface area (Å²) in [5, 5.41) is 5.54. The number of rotatable bonds is 5. The maximum atomic E-state index is 14.0. The molecular weight excluding hydrogens is 391 g/mol. The van der Waals surface area contributed by atoms with Gasteiger partial charge < -0.3 is 0 Å². The van der Waals surface area contributed by atoms with Crippen LogP contribution in [0.25, 0.3) is 6.08 Å². The van der Waals surface area contributed by atoms with Gasteiger partial charge >= 0.3 is 0 Å². The Balaban J connectivity index is 2.64. The summed E-state index contributed by atoms with van der Waals surface area (Å²) in [5.74, 6) is -1.14. The largest absolute Gasteiger partial charge is 0.243 e. The molecule has 0 atom stereocenters. The highest BCUT2D eigenvalue weighted by Gasteiger charge is 2.25. The van der Waals surface area contributed by atoms with E-state index in [4.69, 9.17) is 16.7 Å². The zero-order valence-electron chi connectivity index (χ0n) is 12.9. The summed E-state index contributed by atoms with van der Waals surface area (Å²) in [6.45, 7) is 1.44. The molecule has 2 aromatic rings. The third-order valence-corrected chi connectivity index (χ3v) is 5.28. The number of anilines is 1. The van der Waals surface area contributed by atoms with Crippen LogP contribution < -0.4 is 9.44 Å². The summed E-state index contributed by atoms with van der Waals surface area (Å²) in [6.07, 6.45) is 1.49. The first-order valence-electron chi connectivity index (χ1n) is 6.81. The second kappa shape index (κ2) is 7.52. The van der Waals surface area contributed by atoms with Crippen LogP contribution in [0.2, 0.25) is 5.02 Å². The fourth-order valence-corrected chi connectivity index (χ4v) is 3.86. The van der Waals surface area contributed by atoms with Gasteiger partial charge in [0.2, 0.25) is 20.9 Å². The van der Waals surface area contributed by atoms with Crippen molar-refractivity contribution in [3.05, 3.63) is 64.6 Å². The van der Waals surface area contributed by atoms with Crippen molar-refractivity contribution in [3.8, 4) is 0 Å². The van der Waals surface area contributed by atoms with E-state index in [9.17, 15) is 21.2 Å². The molecule has 0 aliphatic carbocycles. The summed E-state index contributed by atoms with van der Waals surface area (Å²) >= 11 is 5.80. The van der Waals surface area contributed by atoms with Gasteiger partial charge in [0.15, 0.2) is 0 Å². The normalized spacial score (nSPS) is 12.4. The fourth-order valence-electron chi connectivity index (χ4n) is 2.21. The number of benzene rings is 2. The van der Waals surface area contributed by atoms with Crippen molar-refractivity contribution in [2.75, 3.05) is 4.31 Å². The summed E-state index contributed by atoms with van der Waals surface area (Å²) in [5.41, 5.74) is 0.382. The van der Waals surface area contributed by atoms with Crippen molar-refractivity contribution < 1.29 is 21.2 Å². The summed E-state index contributed by atoms with van der Waals surface area (Å²) in [4.78, 5) is -0.891. The molecular formula is C15H14ClFN2O4S2. The monoisotopic (exact) mass is 404 g/mol. The number of hydrogen-bond acceptors (Lipinski definition) is 4. The topological polar surface area (TPSA) is 97.5 Å². The lowest BCUT2D eigenvalue weighted by Crippen LogP contribution is -2.24. The number of hydrogen-bond donors (Lipinski definition) is 2. The van der Waals surface area contributed by atoms with Crippen LogP contribution >= 0.6 is 11.6 Å². The van der Waals surface area contributed by atoms with E-state index in [1.807, 2.05) is 0 Å². The van der Waals surface area contributed by atoms with Gasteiger partial charge in [0, 0.05) is 10.7 Å². The third kappa shape index (κ3) is 4.57. The Morgan fingerprint density at radius 2 is 1.80 bits per heavy atom. The van der Waals surface area contributed by atoms with Crippen molar-refractivity contribution in [3.63, 3.8) is 0 Å². The van der Waals surface area contributed by atoms with Gasteiger partial charge in [-0.3, -0.25) is 0 Å². The molecule has 2 rings (SSSR count). The highest BCUT2D eigenvalue weighted by Crippen LogP contribution is 2.30. The molecule has 0 aromatic heterocycles. The Morgan fingerprint density at radius 3 is 2.32 bits per heavy atom. The second-order valence-electron chi connectivity index (χ2n) is 5.02. The van der Waals surface area contributed by atoms with Gasteiger partial charge in [-0.25, -0.2) is 30.7 Å². The summed E-state index contributed by atoms with van der Waals surface area (Å²) in [7, 11) is -7.79. The first kappa shape index (κ1) is 19.4. The average Bonchev–Trinajstić information content (AvgIpc) is 2.48. The predicted octanol–water partition coefficient (Wildman–Crippen LogP) is 2.52. The number of nitrogens with zero attached hydrogens (tertiary/aromatic N) is 1. The summed E-state index contributed by atoms with van der Waals surface area (Å²) in [6, 6.07) is 9.76. The minimum Gasteiger partial charge on any atom is -0.243 e. The average molecular weight is 405 g/mol. The van der Waals surface area contributed by atoms with Gasteiger partial charge in [-0.15, -0.1) is 0 Å². The van der Waals surface area contributed by atoms with Crippen molar-refractivity contribution in [1.29, 1.82) is 0 Å². The highest BCUT2D eigenvalue weighted by atomic mass is 35.5. The standard InChI is InChI=1S/C15H14ClFN2O4S2/c1-10(9-11-5-7-12(16)8-6-11)19(24(20)21)14-4-2-3-13(17)15(14)25(18,22)23/h2-9,24H,1H3,(H2,18,22,23)/b10-9-. The maximum Gasteiger partial charge on any atom is 0.243 e. The molecule has 0 radical (unpaired) electrons. The SMILES string of the molecule is C/C(=C/c1ccc(Cl)cc1)N(c1cccc(F)c1S(N)(=O)=O)[SH](=O)=O. The van der Waals surface area contributed by atoms with Crippen LogP contribution in [0.4, 0.5) is 10.1 Å². The maximum absolute atomic E-state index is 14.0. The molecule has 0 heterocycles. The first-order chi connectivity index (χ1) is 11.6. The number of halogens is 2. The van der Waals surface area contributed by atoms with Crippen molar-refractivity contribution >= 4 is 44.3 Å². The van der Waals surface area contributed by atoms with E-state index in [0.29, 0.717) is 14.9 Å². The molecule has 0 bridgehead atoms. The molecule has 0 saturated heterocycles. The van der Waals surface area contributed by atoms with Crippen LogP contribution in [-0.2, 0) is 20.9 Å². The van der Waals surface area contributed by atoms with Gasteiger partial charge in [-0.2, -0.15) is 0 Å². The molecule has 0 fully saturated rings. The number of thiol groups is 1. The van der Waals surface area contributed by atoms with Crippen molar-refractivity contribution in [2.24, 2.45) is 5.14 Å². The molecule has 2 N–H and O–H groups in total. The van der Waals surface area contributed by atoms with Crippen LogP contribution in [0.3, 0.4) is 0 Å². The van der Waals surface area contributed by atoms with Crippen LogP contribution in [-0.4, -0.2) is 16.8 Å². The molecule has 0 unspecified atom stereocenters. The smallest absolute Gasteiger partial charge is 0.243 e. The van der Waals surface area contributed by atoms with Gasteiger partial charge in [-0.05, 0) is 42.8 Å². The zero-order valence-corrected chi connectivity index (χ0v) is 15.4.